The number of ether oxygens (including phenoxy) is 1. The summed E-state index contributed by atoms with van der Waals surface area (Å²) in [7, 11) is -4.00. The lowest BCUT2D eigenvalue weighted by molar-refractivity contribution is -0.155. The average molecular weight is 350 g/mol. The van der Waals surface area contributed by atoms with Gasteiger partial charge in [-0.05, 0) is 26.0 Å². The number of hydrogen-bond acceptors (Lipinski definition) is 5. The van der Waals surface area contributed by atoms with E-state index in [1.54, 1.807) is 0 Å². The Morgan fingerprint density at radius 2 is 2.18 bits per heavy atom. The van der Waals surface area contributed by atoms with Crippen LogP contribution >= 0.6 is 11.6 Å². The summed E-state index contributed by atoms with van der Waals surface area (Å²) in [6.45, 7) is 2.18. The van der Waals surface area contributed by atoms with E-state index in [1.807, 2.05) is 6.92 Å². The van der Waals surface area contributed by atoms with Crippen LogP contribution in [0.4, 0.5) is 0 Å². The molecule has 3 N–H and O–H groups in total. The van der Waals surface area contributed by atoms with Gasteiger partial charge in [0.25, 0.3) is 0 Å². The van der Waals surface area contributed by atoms with Crippen molar-refractivity contribution in [3.05, 3.63) is 22.7 Å². The smallest absolute Gasteiger partial charge is 0.336 e. The van der Waals surface area contributed by atoms with E-state index in [4.69, 9.17) is 21.4 Å². The molecule has 2 rings (SSSR count). The van der Waals surface area contributed by atoms with E-state index < -0.39 is 28.1 Å². The number of hydrogen-bond donors (Lipinski definition) is 3. The highest BCUT2D eigenvalue weighted by Gasteiger charge is 2.32. The maximum atomic E-state index is 12.2. The highest BCUT2D eigenvalue weighted by atomic mass is 35.5. The minimum atomic E-state index is -4.00. The lowest BCUT2D eigenvalue weighted by Crippen LogP contribution is -2.46. The van der Waals surface area contributed by atoms with Gasteiger partial charge in [0.05, 0.1) is 16.5 Å². The summed E-state index contributed by atoms with van der Waals surface area (Å²) in [4.78, 5) is 10.7. The van der Waals surface area contributed by atoms with Gasteiger partial charge in [-0.15, -0.1) is 0 Å². The highest BCUT2D eigenvalue weighted by molar-refractivity contribution is 7.89. The fourth-order valence-corrected chi connectivity index (χ4v) is 3.56. The molecule has 0 fully saturated rings. The third kappa shape index (κ3) is 3.35. The lowest BCUT2D eigenvalue weighted by atomic mass is 10.1. The van der Waals surface area contributed by atoms with Crippen LogP contribution in [0.25, 0.3) is 0 Å². The molecular weight excluding hydrogens is 334 g/mol. The van der Waals surface area contributed by atoms with Crippen LogP contribution in [0.5, 0.6) is 5.75 Å². The molecule has 1 aliphatic rings. The van der Waals surface area contributed by atoms with Crippen molar-refractivity contribution in [2.45, 2.75) is 36.9 Å². The molecule has 0 bridgehead atoms. The van der Waals surface area contributed by atoms with Crippen LogP contribution < -0.4 is 9.46 Å². The van der Waals surface area contributed by atoms with Crippen molar-refractivity contribution < 1.29 is 28.2 Å². The van der Waals surface area contributed by atoms with Gasteiger partial charge in [0, 0.05) is 12.0 Å². The molecule has 22 heavy (non-hydrogen) atoms. The highest BCUT2D eigenvalue weighted by Crippen LogP contribution is 2.37. The van der Waals surface area contributed by atoms with Gasteiger partial charge in [-0.3, -0.25) is 0 Å². The van der Waals surface area contributed by atoms with Crippen LogP contribution in [0.15, 0.2) is 17.0 Å². The molecule has 9 heteroatoms. The summed E-state index contributed by atoms with van der Waals surface area (Å²) in [5, 5.41) is 18.5. The number of benzene rings is 1. The Balaban J connectivity index is 2.26. The second kappa shape index (κ2) is 5.69. The topological polar surface area (TPSA) is 113 Å². The van der Waals surface area contributed by atoms with E-state index in [0.29, 0.717) is 17.7 Å². The second-order valence-electron chi connectivity index (χ2n) is 5.43. The molecule has 0 saturated heterocycles. The molecule has 0 aromatic heterocycles. The summed E-state index contributed by atoms with van der Waals surface area (Å²) in [5.41, 5.74) is -1.53. The summed E-state index contributed by atoms with van der Waals surface area (Å²) < 4.78 is 32.0. The molecule has 2 atom stereocenters. The van der Waals surface area contributed by atoms with Crippen molar-refractivity contribution in [2.24, 2.45) is 0 Å². The van der Waals surface area contributed by atoms with Crippen molar-refractivity contribution in [1.82, 2.24) is 4.72 Å². The Morgan fingerprint density at radius 3 is 2.77 bits per heavy atom. The fraction of sp³-hybridized carbons (Fsp3) is 0.462. The first-order valence-corrected chi connectivity index (χ1v) is 8.33. The number of carboxylic acid groups (broad SMARTS) is 1. The number of aliphatic hydroxyl groups is 1. The summed E-state index contributed by atoms with van der Waals surface area (Å²) in [6.07, 6.45) is 0.441. The van der Waals surface area contributed by atoms with Crippen molar-refractivity contribution in [2.75, 3.05) is 6.54 Å². The van der Waals surface area contributed by atoms with Crippen LogP contribution in [0.3, 0.4) is 0 Å². The Labute approximate surface area is 132 Å². The summed E-state index contributed by atoms with van der Waals surface area (Å²) in [6, 6.07) is 2.67. The zero-order valence-corrected chi connectivity index (χ0v) is 13.5. The predicted octanol–water partition coefficient (Wildman–Crippen LogP) is 0.777. The van der Waals surface area contributed by atoms with Gasteiger partial charge in [0.15, 0.2) is 5.60 Å². The Morgan fingerprint density at radius 1 is 1.55 bits per heavy atom. The van der Waals surface area contributed by atoms with Gasteiger partial charge in [-0.25, -0.2) is 17.9 Å². The molecule has 1 aliphatic heterocycles. The molecular formula is C13H16ClNO6S. The second-order valence-corrected chi connectivity index (χ2v) is 7.60. The molecule has 0 saturated carbocycles. The third-order valence-electron chi connectivity index (χ3n) is 3.30. The van der Waals surface area contributed by atoms with Crippen molar-refractivity contribution in [1.29, 1.82) is 0 Å². The lowest BCUT2D eigenvalue weighted by Gasteiger charge is -2.18. The number of nitrogens with one attached hydrogen (secondary N) is 1. The third-order valence-corrected chi connectivity index (χ3v) is 4.96. The largest absolute Gasteiger partial charge is 0.489 e. The molecule has 0 aliphatic carbocycles. The Kier molecular flexibility index (Phi) is 4.40. The number of fused-ring (bicyclic) bond motifs is 1. The summed E-state index contributed by atoms with van der Waals surface area (Å²) >= 11 is 6.03. The monoisotopic (exact) mass is 349 g/mol. The molecule has 1 aromatic rings. The maximum absolute atomic E-state index is 12.2. The number of carboxylic acids is 1. The first-order valence-electron chi connectivity index (χ1n) is 6.47. The molecule has 1 heterocycles. The van der Waals surface area contributed by atoms with Crippen molar-refractivity contribution >= 4 is 27.6 Å². The standard InChI is InChI=1S/C13H16ClNO6S/c1-7-3-8-4-9(5-10(14)11(8)21-7)22(19,20)15-6-13(2,18)12(16)17/h4-5,7,15,18H,3,6H2,1-2H3,(H,16,17). The fourth-order valence-electron chi connectivity index (χ4n) is 2.01. The van der Waals surface area contributed by atoms with Gasteiger partial charge < -0.3 is 14.9 Å². The SMILES string of the molecule is CC1Cc2cc(S(=O)(=O)NCC(C)(O)C(=O)O)cc(Cl)c2O1. The number of carbonyl (C=O) groups is 1. The minimum absolute atomic E-state index is 0.0915. The van der Waals surface area contributed by atoms with E-state index in [2.05, 4.69) is 4.72 Å². The zero-order valence-electron chi connectivity index (χ0n) is 12.0. The molecule has 2 unspecified atom stereocenters. The number of sulfonamides is 1. The van der Waals surface area contributed by atoms with Crippen LogP contribution in [0, 0.1) is 0 Å². The van der Waals surface area contributed by atoms with Crippen LogP contribution in [0.2, 0.25) is 5.02 Å². The number of rotatable bonds is 5. The van der Waals surface area contributed by atoms with Gasteiger partial charge in [-0.1, -0.05) is 11.6 Å². The molecule has 7 nitrogen and oxygen atoms in total. The van der Waals surface area contributed by atoms with E-state index in [1.165, 1.54) is 12.1 Å². The van der Waals surface area contributed by atoms with Gasteiger partial charge in [0.1, 0.15) is 11.9 Å². The summed E-state index contributed by atoms with van der Waals surface area (Å²) in [5.74, 6) is -1.06. The number of halogens is 1. The Hall–Kier alpha value is -1.35. The van der Waals surface area contributed by atoms with Gasteiger partial charge in [-0.2, -0.15) is 0 Å². The first kappa shape index (κ1) is 17.0. The molecule has 0 radical (unpaired) electrons. The molecule has 1 aromatic carbocycles. The quantitative estimate of drug-likeness (QED) is 0.724. The van der Waals surface area contributed by atoms with E-state index >= 15 is 0 Å². The van der Waals surface area contributed by atoms with Crippen LogP contribution in [-0.2, 0) is 21.2 Å². The number of aliphatic carboxylic acids is 1. The minimum Gasteiger partial charge on any atom is -0.489 e. The van der Waals surface area contributed by atoms with E-state index in [-0.39, 0.29) is 16.0 Å². The Bertz CT molecular complexity index is 715. The van der Waals surface area contributed by atoms with E-state index in [9.17, 15) is 18.3 Å². The molecule has 0 amide bonds. The van der Waals surface area contributed by atoms with Crippen LogP contribution in [0.1, 0.15) is 19.4 Å². The molecule has 0 spiro atoms. The predicted molar refractivity (Wildman–Crippen MR) is 78.7 cm³/mol. The normalized spacial score (nSPS) is 20.1. The molecule has 122 valence electrons. The average Bonchev–Trinajstić information content (AvgIpc) is 2.77. The van der Waals surface area contributed by atoms with Crippen LogP contribution in [-0.4, -0.2) is 42.8 Å². The maximum Gasteiger partial charge on any atom is 0.336 e. The van der Waals surface area contributed by atoms with Gasteiger partial charge >= 0.3 is 5.97 Å². The van der Waals surface area contributed by atoms with E-state index in [0.717, 1.165) is 6.92 Å². The van der Waals surface area contributed by atoms with Crippen molar-refractivity contribution in [3.8, 4) is 5.75 Å². The first-order chi connectivity index (χ1) is 10.0. The van der Waals surface area contributed by atoms with Gasteiger partial charge in [0.2, 0.25) is 10.0 Å². The van der Waals surface area contributed by atoms with Crippen molar-refractivity contribution in [3.63, 3.8) is 0 Å². The zero-order chi connectivity index (χ0) is 16.7.